The Morgan fingerprint density at radius 1 is 1.18 bits per heavy atom. The van der Waals surface area contributed by atoms with Crippen LogP contribution in [-0.2, 0) is 9.47 Å². The van der Waals surface area contributed by atoms with Gasteiger partial charge in [-0.05, 0) is 40.0 Å². The molecular weight excluding hydrogens is 216 g/mol. The topological polar surface area (TPSA) is 35.5 Å². The van der Waals surface area contributed by atoms with Crippen LogP contribution in [-0.4, -0.2) is 17.9 Å². The standard InChI is InChI=1S/C14H28O3/c1-6-8-9-10-11-12(3)16-13(15)17-14(4,5)7-2/h12H,6-11H2,1-5H3. The number of rotatable bonds is 8. The minimum absolute atomic E-state index is 0.0491. The average Bonchev–Trinajstić information content (AvgIpc) is 2.23. The van der Waals surface area contributed by atoms with Gasteiger partial charge in [0, 0.05) is 0 Å². The second-order valence-corrected chi connectivity index (χ2v) is 5.24. The van der Waals surface area contributed by atoms with E-state index in [1.54, 1.807) is 0 Å². The van der Waals surface area contributed by atoms with Crippen molar-refractivity contribution in [3.63, 3.8) is 0 Å². The Labute approximate surface area is 106 Å². The molecule has 1 unspecified atom stereocenters. The van der Waals surface area contributed by atoms with Gasteiger partial charge in [0.25, 0.3) is 0 Å². The van der Waals surface area contributed by atoms with Crippen molar-refractivity contribution in [2.45, 2.75) is 84.8 Å². The smallest absolute Gasteiger partial charge is 0.431 e. The fourth-order valence-corrected chi connectivity index (χ4v) is 1.40. The van der Waals surface area contributed by atoms with E-state index in [2.05, 4.69) is 6.92 Å². The molecule has 0 aromatic carbocycles. The van der Waals surface area contributed by atoms with Crippen molar-refractivity contribution in [3.8, 4) is 0 Å². The monoisotopic (exact) mass is 244 g/mol. The first-order valence-electron chi connectivity index (χ1n) is 6.81. The molecule has 0 saturated heterocycles. The summed E-state index contributed by atoms with van der Waals surface area (Å²) in [4.78, 5) is 11.5. The van der Waals surface area contributed by atoms with Gasteiger partial charge in [0.2, 0.25) is 0 Å². The summed E-state index contributed by atoms with van der Waals surface area (Å²) in [6.07, 6.45) is 5.90. The first-order chi connectivity index (χ1) is 7.91. The van der Waals surface area contributed by atoms with E-state index >= 15 is 0 Å². The summed E-state index contributed by atoms with van der Waals surface area (Å²) in [5, 5.41) is 0. The van der Waals surface area contributed by atoms with Gasteiger partial charge >= 0.3 is 6.16 Å². The van der Waals surface area contributed by atoms with E-state index in [-0.39, 0.29) is 6.10 Å². The van der Waals surface area contributed by atoms with Crippen LogP contribution in [0.3, 0.4) is 0 Å². The summed E-state index contributed by atoms with van der Waals surface area (Å²) in [6.45, 7) is 9.87. The van der Waals surface area contributed by atoms with Gasteiger partial charge in [0.15, 0.2) is 0 Å². The maximum absolute atomic E-state index is 11.5. The normalized spacial score (nSPS) is 13.2. The molecule has 3 heteroatoms. The summed E-state index contributed by atoms with van der Waals surface area (Å²) in [5.74, 6) is 0. The lowest BCUT2D eigenvalue weighted by Gasteiger charge is -2.23. The zero-order chi connectivity index (χ0) is 13.3. The Balaban J connectivity index is 3.73. The Hall–Kier alpha value is -0.730. The molecule has 0 amide bonds. The lowest BCUT2D eigenvalue weighted by molar-refractivity contribution is -0.0340. The SMILES string of the molecule is CCCCCCC(C)OC(=O)OC(C)(C)CC. The number of hydrogen-bond donors (Lipinski definition) is 0. The minimum Gasteiger partial charge on any atom is -0.431 e. The van der Waals surface area contributed by atoms with Crippen LogP contribution in [0, 0.1) is 0 Å². The fraction of sp³-hybridized carbons (Fsp3) is 0.929. The van der Waals surface area contributed by atoms with E-state index in [1.807, 2.05) is 27.7 Å². The molecule has 17 heavy (non-hydrogen) atoms. The highest BCUT2D eigenvalue weighted by Gasteiger charge is 2.22. The number of ether oxygens (including phenoxy) is 2. The van der Waals surface area contributed by atoms with Crippen LogP contribution in [0.2, 0.25) is 0 Å². The molecule has 102 valence electrons. The van der Waals surface area contributed by atoms with Gasteiger partial charge in [0.1, 0.15) is 11.7 Å². The van der Waals surface area contributed by atoms with Crippen molar-refractivity contribution in [1.29, 1.82) is 0 Å². The molecule has 0 aliphatic heterocycles. The second-order valence-electron chi connectivity index (χ2n) is 5.24. The molecule has 0 aromatic rings. The molecule has 0 aliphatic carbocycles. The minimum atomic E-state index is -0.542. The molecule has 3 nitrogen and oxygen atoms in total. The predicted octanol–water partition coefficient (Wildman–Crippen LogP) is 4.69. The third-order valence-electron chi connectivity index (χ3n) is 2.97. The molecule has 1 atom stereocenters. The molecule has 0 rings (SSSR count). The van der Waals surface area contributed by atoms with Crippen LogP contribution in [0.25, 0.3) is 0 Å². The van der Waals surface area contributed by atoms with Crippen molar-refractivity contribution >= 4 is 6.16 Å². The summed E-state index contributed by atoms with van der Waals surface area (Å²) in [6, 6.07) is 0. The lowest BCUT2D eigenvalue weighted by atomic mass is 10.1. The van der Waals surface area contributed by atoms with Crippen molar-refractivity contribution < 1.29 is 14.3 Å². The van der Waals surface area contributed by atoms with Gasteiger partial charge in [-0.1, -0.05) is 33.1 Å². The van der Waals surface area contributed by atoms with Gasteiger partial charge in [-0.2, -0.15) is 0 Å². The van der Waals surface area contributed by atoms with Crippen molar-refractivity contribution in [2.24, 2.45) is 0 Å². The van der Waals surface area contributed by atoms with Gasteiger partial charge < -0.3 is 9.47 Å². The number of carbonyl (C=O) groups is 1. The quantitative estimate of drug-likeness (QED) is 0.459. The van der Waals surface area contributed by atoms with Crippen molar-refractivity contribution in [1.82, 2.24) is 0 Å². The molecule has 0 aromatic heterocycles. The summed E-state index contributed by atoms with van der Waals surface area (Å²) >= 11 is 0. The van der Waals surface area contributed by atoms with Gasteiger partial charge in [-0.3, -0.25) is 0 Å². The molecule has 0 radical (unpaired) electrons. The van der Waals surface area contributed by atoms with Crippen molar-refractivity contribution in [2.75, 3.05) is 0 Å². The first kappa shape index (κ1) is 16.3. The highest BCUT2D eigenvalue weighted by molar-refractivity contribution is 5.60. The van der Waals surface area contributed by atoms with E-state index < -0.39 is 11.8 Å². The van der Waals surface area contributed by atoms with E-state index in [0.717, 1.165) is 19.3 Å². The third kappa shape index (κ3) is 9.02. The predicted molar refractivity (Wildman–Crippen MR) is 70.2 cm³/mol. The van der Waals surface area contributed by atoms with Crippen LogP contribution < -0.4 is 0 Å². The zero-order valence-corrected chi connectivity index (χ0v) is 12.0. The van der Waals surface area contributed by atoms with Crippen LogP contribution in [0.5, 0.6) is 0 Å². The van der Waals surface area contributed by atoms with Gasteiger partial charge in [0.05, 0.1) is 0 Å². The third-order valence-corrected chi connectivity index (χ3v) is 2.97. The Bertz CT molecular complexity index is 212. The number of carbonyl (C=O) groups excluding carboxylic acids is 1. The van der Waals surface area contributed by atoms with Crippen molar-refractivity contribution in [3.05, 3.63) is 0 Å². The van der Waals surface area contributed by atoms with E-state index in [1.165, 1.54) is 19.3 Å². The lowest BCUT2D eigenvalue weighted by Crippen LogP contribution is -2.29. The van der Waals surface area contributed by atoms with Gasteiger partial charge in [-0.25, -0.2) is 4.79 Å². The maximum Gasteiger partial charge on any atom is 0.509 e. The molecular formula is C14H28O3. The Kier molecular flexibility index (Phi) is 8.01. The maximum atomic E-state index is 11.5. The van der Waals surface area contributed by atoms with Crippen LogP contribution in [0.1, 0.15) is 73.1 Å². The zero-order valence-electron chi connectivity index (χ0n) is 12.0. The van der Waals surface area contributed by atoms with E-state index in [0.29, 0.717) is 0 Å². The summed E-state index contributed by atoms with van der Waals surface area (Å²) in [5.41, 5.74) is -0.432. The van der Waals surface area contributed by atoms with E-state index in [9.17, 15) is 4.79 Å². The molecule has 0 fully saturated rings. The highest BCUT2D eigenvalue weighted by atomic mass is 16.7. The molecule has 0 bridgehead atoms. The molecule has 0 aliphatic rings. The van der Waals surface area contributed by atoms with Gasteiger partial charge in [-0.15, -0.1) is 0 Å². The fourth-order valence-electron chi connectivity index (χ4n) is 1.40. The number of unbranched alkanes of at least 4 members (excludes halogenated alkanes) is 3. The summed E-state index contributed by atoms with van der Waals surface area (Å²) in [7, 11) is 0. The largest absolute Gasteiger partial charge is 0.509 e. The molecule has 0 N–H and O–H groups in total. The molecule has 0 heterocycles. The number of hydrogen-bond acceptors (Lipinski definition) is 3. The summed E-state index contributed by atoms with van der Waals surface area (Å²) < 4.78 is 10.4. The van der Waals surface area contributed by atoms with Crippen LogP contribution >= 0.6 is 0 Å². The highest BCUT2D eigenvalue weighted by Crippen LogP contribution is 2.16. The Morgan fingerprint density at radius 3 is 2.35 bits per heavy atom. The first-order valence-corrected chi connectivity index (χ1v) is 6.81. The molecule has 0 saturated carbocycles. The average molecular weight is 244 g/mol. The van der Waals surface area contributed by atoms with Crippen LogP contribution in [0.4, 0.5) is 4.79 Å². The van der Waals surface area contributed by atoms with Crippen LogP contribution in [0.15, 0.2) is 0 Å². The van der Waals surface area contributed by atoms with E-state index in [4.69, 9.17) is 9.47 Å². The Morgan fingerprint density at radius 2 is 1.82 bits per heavy atom. The molecule has 0 spiro atoms. The second kappa shape index (κ2) is 8.37.